The highest BCUT2D eigenvalue weighted by molar-refractivity contribution is 7.92. The molecule has 10 heteroatoms. The van der Waals surface area contributed by atoms with Gasteiger partial charge in [0.1, 0.15) is 12.3 Å². The second kappa shape index (κ2) is 10.9. The van der Waals surface area contributed by atoms with Crippen molar-refractivity contribution in [2.45, 2.75) is 18.7 Å². The second-order valence-electron chi connectivity index (χ2n) is 7.38. The minimum absolute atomic E-state index is 0.0220. The Kier molecular flexibility index (Phi) is 8.19. The van der Waals surface area contributed by atoms with Gasteiger partial charge in [-0.05, 0) is 61.9 Å². The summed E-state index contributed by atoms with van der Waals surface area (Å²) < 4.78 is 33.4. The van der Waals surface area contributed by atoms with Crippen LogP contribution in [0.2, 0.25) is 10.0 Å². The molecule has 0 saturated heterocycles. The van der Waals surface area contributed by atoms with Crippen LogP contribution < -0.4 is 14.5 Å². The van der Waals surface area contributed by atoms with E-state index in [1.54, 1.807) is 49.4 Å². The maximum Gasteiger partial charge on any atom is 0.264 e. The molecule has 0 spiro atoms. The number of hydrogen-bond donors (Lipinski definition) is 1. The number of hydrazone groups is 1. The van der Waals surface area contributed by atoms with Gasteiger partial charge in [-0.3, -0.25) is 9.10 Å². The molecule has 3 rings (SSSR count). The third-order valence-electron chi connectivity index (χ3n) is 4.92. The van der Waals surface area contributed by atoms with Crippen LogP contribution in [0.3, 0.4) is 0 Å². The van der Waals surface area contributed by atoms with Gasteiger partial charge in [-0.2, -0.15) is 5.10 Å². The Morgan fingerprint density at radius 2 is 1.62 bits per heavy atom. The zero-order valence-corrected chi connectivity index (χ0v) is 21.1. The number of nitrogens with zero attached hydrogens (tertiary/aromatic N) is 2. The summed E-state index contributed by atoms with van der Waals surface area (Å²) in [5.74, 6) is -0.403. The number of benzene rings is 3. The molecule has 0 aliphatic rings. The SMILES string of the molecule is COc1ccc(Cl)cc1N(CC(=O)N/N=C(/C)c1ccc(Cl)cc1)S(=O)(=O)c1ccc(C)cc1. The third-order valence-corrected chi connectivity index (χ3v) is 7.18. The quantitative estimate of drug-likeness (QED) is 0.333. The van der Waals surface area contributed by atoms with Gasteiger partial charge in [0.2, 0.25) is 0 Å². The number of anilines is 1. The number of nitrogens with one attached hydrogen (secondary N) is 1. The summed E-state index contributed by atoms with van der Waals surface area (Å²) in [5.41, 5.74) is 4.73. The van der Waals surface area contributed by atoms with Crippen molar-refractivity contribution in [1.29, 1.82) is 0 Å². The predicted octanol–water partition coefficient (Wildman–Crippen LogP) is 5.05. The standard InChI is InChI=1S/C24H23Cl2N3O4S/c1-16-4-11-21(12-5-16)34(31,32)29(22-14-20(26)10-13-23(22)33-3)15-24(30)28-27-17(2)18-6-8-19(25)9-7-18/h4-14H,15H2,1-3H3,(H,28,30)/b27-17-. The van der Waals surface area contributed by atoms with Gasteiger partial charge in [-0.1, -0.05) is 53.0 Å². The van der Waals surface area contributed by atoms with Crippen molar-refractivity contribution >= 4 is 50.5 Å². The van der Waals surface area contributed by atoms with Gasteiger partial charge in [0.25, 0.3) is 15.9 Å². The summed E-state index contributed by atoms with van der Waals surface area (Å²) in [7, 11) is -2.73. The lowest BCUT2D eigenvalue weighted by molar-refractivity contribution is -0.119. The summed E-state index contributed by atoms with van der Waals surface area (Å²) in [6.07, 6.45) is 0. The molecule has 0 aliphatic heterocycles. The highest BCUT2D eigenvalue weighted by Gasteiger charge is 2.29. The van der Waals surface area contributed by atoms with Crippen molar-refractivity contribution in [3.8, 4) is 5.75 Å². The van der Waals surface area contributed by atoms with E-state index in [0.29, 0.717) is 10.7 Å². The smallest absolute Gasteiger partial charge is 0.264 e. The van der Waals surface area contributed by atoms with Gasteiger partial charge in [-0.15, -0.1) is 0 Å². The Labute approximate surface area is 209 Å². The van der Waals surface area contributed by atoms with Crippen molar-refractivity contribution in [3.63, 3.8) is 0 Å². The fourth-order valence-electron chi connectivity index (χ4n) is 3.06. The number of hydrogen-bond acceptors (Lipinski definition) is 5. The van der Waals surface area contributed by atoms with Gasteiger partial charge in [-0.25, -0.2) is 13.8 Å². The van der Waals surface area contributed by atoms with Crippen LogP contribution in [-0.2, 0) is 14.8 Å². The van der Waals surface area contributed by atoms with Crippen LogP contribution in [0, 0.1) is 6.92 Å². The molecule has 1 N–H and O–H groups in total. The molecule has 3 aromatic carbocycles. The molecule has 178 valence electrons. The van der Waals surface area contributed by atoms with Gasteiger partial charge in [0.05, 0.1) is 23.4 Å². The summed E-state index contributed by atoms with van der Waals surface area (Å²) in [4.78, 5) is 12.8. The molecule has 0 bridgehead atoms. The molecule has 3 aromatic rings. The zero-order valence-electron chi connectivity index (χ0n) is 18.7. The fourth-order valence-corrected chi connectivity index (χ4v) is 4.78. The van der Waals surface area contributed by atoms with E-state index in [9.17, 15) is 13.2 Å². The summed E-state index contributed by atoms with van der Waals surface area (Å²) in [6, 6.07) is 17.8. The van der Waals surface area contributed by atoms with E-state index < -0.39 is 22.5 Å². The van der Waals surface area contributed by atoms with Crippen LogP contribution >= 0.6 is 23.2 Å². The Balaban J connectivity index is 1.95. The van der Waals surface area contributed by atoms with Gasteiger partial charge in [0.15, 0.2) is 0 Å². The molecule has 0 atom stereocenters. The third kappa shape index (κ3) is 6.08. The summed E-state index contributed by atoms with van der Waals surface area (Å²) in [6.45, 7) is 3.01. The number of sulfonamides is 1. The number of rotatable bonds is 8. The topological polar surface area (TPSA) is 88.1 Å². The minimum atomic E-state index is -4.14. The first-order valence-electron chi connectivity index (χ1n) is 10.1. The van der Waals surface area contributed by atoms with Crippen LogP contribution in [0.4, 0.5) is 5.69 Å². The first-order valence-corrected chi connectivity index (χ1v) is 12.3. The largest absolute Gasteiger partial charge is 0.495 e. The summed E-state index contributed by atoms with van der Waals surface area (Å²) >= 11 is 12.0. The van der Waals surface area contributed by atoms with Crippen LogP contribution in [0.5, 0.6) is 5.75 Å². The molecular formula is C24H23Cl2N3O4S. The zero-order chi connectivity index (χ0) is 24.9. The number of amides is 1. The van der Waals surface area contributed by atoms with E-state index >= 15 is 0 Å². The van der Waals surface area contributed by atoms with Crippen molar-refractivity contribution in [2.24, 2.45) is 5.10 Å². The summed E-state index contributed by atoms with van der Waals surface area (Å²) in [5, 5.41) is 4.96. The molecule has 0 heterocycles. The van der Waals surface area contributed by atoms with E-state index in [1.165, 1.54) is 31.4 Å². The van der Waals surface area contributed by atoms with E-state index in [-0.39, 0.29) is 21.4 Å². The first kappa shape index (κ1) is 25.6. The van der Waals surface area contributed by atoms with Crippen LogP contribution in [0.25, 0.3) is 0 Å². The van der Waals surface area contributed by atoms with E-state index in [2.05, 4.69) is 10.5 Å². The van der Waals surface area contributed by atoms with Gasteiger partial charge >= 0.3 is 0 Å². The normalized spacial score (nSPS) is 11.7. The fraction of sp³-hybridized carbons (Fsp3) is 0.167. The number of carbonyl (C=O) groups excluding carboxylic acids is 1. The maximum absolute atomic E-state index is 13.5. The van der Waals surface area contributed by atoms with Crippen molar-refractivity contribution in [2.75, 3.05) is 18.0 Å². The molecule has 1 amide bonds. The Morgan fingerprint density at radius 1 is 1.00 bits per heavy atom. The van der Waals surface area contributed by atoms with Crippen molar-refractivity contribution in [1.82, 2.24) is 5.43 Å². The molecular weight excluding hydrogens is 497 g/mol. The van der Waals surface area contributed by atoms with Crippen molar-refractivity contribution < 1.29 is 17.9 Å². The average Bonchev–Trinajstić information content (AvgIpc) is 2.81. The van der Waals surface area contributed by atoms with Crippen LogP contribution in [-0.4, -0.2) is 33.7 Å². The van der Waals surface area contributed by atoms with E-state index in [4.69, 9.17) is 27.9 Å². The predicted molar refractivity (Wildman–Crippen MR) is 136 cm³/mol. The Morgan fingerprint density at radius 3 is 2.24 bits per heavy atom. The number of halogens is 2. The lowest BCUT2D eigenvalue weighted by Gasteiger charge is -2.25. The maximum atomic E-state index is 13.5. The number of carbonyl (C=O) groups is 1. The Bertz CT molecular complexity index is 1310. The average molecular weight is 520 g/mol. The van der Waals surface area contributed by atoms with E-state index in [1.807, 2.05) is 6.92 Å². The number of methoxy groups -OCH3 is 1. The molecule has 0 saturated carbocycles. The number of ether oxygens (including phenoxy) is 1. The van der Waals surface area contributed by atoms with Gasteiger partial charge in [0, 0.05) is 10.0 Å². The molecule has 0 radical (unpaired) electrons. The molecule has 0 aromatic heterocycles. The highest BCUT2D eigenvalue weighted by Crippen LogP contribution is 2.34. The molecule has 0 aliphatic carbocycles. The van der Waals surface area contributed by atoms with Crippen LogP contribution in [0.15, 0.2) is 76.7 Å². The second-order valence-corrected chi connectivity index (χ2v) is 10.1. The first-order chi connectivity index (χ1) is 16.1. The molecule has 0 unspecified atom stereocenters. The van der Waals surface area contributed by atoms with Crippen molar-refractivity contribution in [3.05, 3.63) is 87.9 Å². The van der Waals surface area contributed by atoms with E-state index in [0.717, 1.165) is 15.4 Å². The number of aryl methyl sites for hydroxylation is 1. The highest BCUT2D eigenvalue weighted by atomic mass is 35.5. The molecule has 7 nitrogen and oxygen atoms in total. The minimum Gasteiger partial charge on any atom is -0.495 e. The van der Waals surface area contributed by atoms with Gasteiger partial charge < -0.3 is 4.74 Å². The molecule has 0 fully saturated rings. The lowest BCUT2D eigenvalue weighted by Crippen LogP contribution is -2.40. The monoisotopic (exact) mass is 519 g/mol. The molecule has 34 heavy (non-hydrogen) atoms. The Hall–Kier alpha value is -3.07. The van der Waals surface area contributed by atoms with Crippen LogP contribution in [0.1, 0.15) is 18.1 Å². The lowest BCUT2D eigenvalue weighted by atomic mass is 10.1.